The molecular formula is C15H22FNO2. The monoisotopic (exact) mass is 267 g/mol. The Hall–Kier alpha value is -1.29. The van der Waals surface area contributed by atoms with Gasteiger partial charge in [0.25, 0.3) is 0 Å². The molecule has 1 N–H and O–H groups in total. The second-order valence-electron chi connectivity index (χ2n) is 5.11. The minimum atomic E-state index is -0.339. The number of methoxy groups -OCH3 is 2. The van der Waals surface area contributed by atoms with E-state index in [4.69, 9.17) is 9.47 Å². The van der Waals surface area contributed by atoms with Crippen LogP contribution in [0.15, 0.2) is 6.07 Å². The third kappa shape index (κ3) is 3.00. The van der Waals surface area contributed by atoms with Gasteiger partial charge in [-0.2, -0.15) is 0 Å². The lowest BCUT2D eigenvalue weighted by Crippen LogP contribution is -2.28. The van der Waals surface area contributed by atoms with Gasteiger partial charge in [0, 0.05) is 0 Å². The number of rotatable bonds is 4. The molecule has 0 radical (unpaired) electrons. The minimum Gasteiger partial charge on any atom is -0.492 e. The minimum absolute atomic E-state index is 0.203. The summed E-state index contributed by atoms with van der Waals surface area (Å²) in [7, 11) is 3.02. The van der Waals surface area contributed by atoms with Gasteiger partial charge in [-0.05, 0) is 62.4 Å². The topological polar surface area (TPSA) is 30.5 Å². The number of benzene rings is 1. The number of halogens is 1. The molecule has 106 valence electrons. The van der Waals surface area contributed by atoms with Crippen molar-refractivity contribution in [2.24, 2.45) is 5.92 Å². The predicted octanol–water partition coefficient (Wildman–Crippen LogP) is 2.69. The summed E-state index contributed by atoms with van der Waals surface area (Å²) in [6.45, 7) is 4.08. The Morgan fingerprint density at radius 1 is 1.21 bits per heavy atom. The molecule has 2 rings (SSSR count). The number of hydrogen-bond donors (Lipinski definition) is 1. The smallest absolute Gasteiger partial charge is 0.197 e. The van der Waals surface area contributed by atoms with Gasteiger partial charge in [0.1, 0.15) is 0 Å². The van der Waals surface area contributed by atoms with Crippen molar-refractivity contribution in [3.05, 3.63) is 23.0 Å². The molecular weight excluding hydrogens is 245 g/mol. The number of nitrogens with one attached hydrogen (secondary N) is 1. The van der Waals surface area contributed by atoms with Crippen molar-refractivity contribution >= 4 is 0 Å². The van der Waals surface area contributed by atoms with Gasteiger partial charge in [0.05, 0.1) is 14.2 Å². The highest BCUT2D eigenvalue weighted by molar-refractivity contribution is 5.51. The lowest BCUT2D eigenvalue weighted by atomic mass is 9.89. The molecule has 0 bridgehead atoms. The molecule has 4 heteroatoms. The van der Waals surface area contributed by atoms with Crippen molar-refractivity contribution in [1.29, 1.82) is 0 Å². The highest BCUT2D eigenvalue weighted by Gasteiger charge is 2.20. The van der Waals surface area contributed by atoms with Crippen molar-refractivity contribution in [2.75, 3.05) is 27.3 Å². The first-order valence-electron chi connectivity index (χ1n) is 6.78. The first-order valence-corrected chi connectivity index (χ1v) is 6.78. The molecule has 1 saturated heterocycles. The van der Waals surface area contributed by atoms with Crippen LogP contribution in [0.25, 0.3) is 0 Å². The van der Waals surface area contributed by atoms with Gasteiger partial charge in [-0.15, -0.1) is 0 Å². The van der Waals surface area contributed by atoms with E-state index in [-0.39, 0.29) is 11.6 Å². The average molecular weight is 267 g/mol. The van der Waals surface area contributed by atoms with E-state index in [0.29, 0.717) is 11.7 Å². The Labute approximate surface area is 114 Å². The highest BCUT2D eigenvalue weighted by atomic mass is 19.1. The first kappa shape index (κ1) is 14.1. The average Bonchev–Trinajstić information content (AvgIpc) is 2.43. The van der Waals surface area contributed by atoms with Gasteiger partial charge in [0.2, 0.25) is 0 Å². The van der Waals surface area contributed by atoms with Gasteiger partial charge in [-0.1, -0.05) is 0 Å². The lowest BCUT2D eigenvalue weighted by molar-refractivity contribution is 0.332. The maximum Gasteiger partial charge on any atom is 0.197 e. The zero-order chi connectivity index (χ0) is 13.8. The summed E-state index contributed by atoms with van der Waals surface area (Å²) in [5.41, 5.74) is 2.02. The molecule has 1 aromatic rings. The molecule has 0 spiro atoms. The van der Waals surface area contributed by atoms with Gasteiger partial charge in [-0.25, -0.2) is 4.39 Å². The molecule has 0 aromatic heterocycles. The van der Waals surface area contributed by atoms with Crippen LogP contribution in [0.1, 0.15) is 24.0 Å². The number of hydrogen-bond acceptors (Lipinski definition) is 3. The van der Waals surface area contributed by atoms with E-state index in [9.17, 15) is 4.39 Å². The number of piperidine rings is 1. The maximum absolute atomic E-state index is 14.0. The summed E-state index contributed by atoms with van der Waals surface area (Å²) in [6, 6.07) is 1.60. The Morgan fingerprint density at radius 3 is 2.42 bits per heavy atom. The quantitative estimate of drug-likeness (QED) is 0.910. The van der Waals surface area contributed by atoms with Crippen molar-refractivity contribution in [3.63, 3.8) is 0 Å². The van der Waals surface area contributed by atoms with E-state index in [1.165, 1.54) is 7.11 Å². The van der Waals surface area contributed by atoms with Crippen molar-refractivity contribution in [2.45, 2.75) is 26.2 Å². The second kappa shape index (κ2) is 6.24. The third-order valence-electron chi connectivity index (χ3n) is 3.92. The molecule has 19 heavy (non-hydrogen) atoms. The van der Waals surface area contributed by atoms with Gasteiger partial charge in [0.15, 0.2) is 17.3 Å². The Morgan fingerprint density at radius 2 is 1.84 bits per heavy atom. The Kier molecular flexibility index (Phi) is 4.64. The van der Waals surface area contributed by atoms with E-state index in [0.717, 1.165) is 43.5 Å². The molecule has 1 aliphatic rings. The van der Waals surface area contributed by atoms with E-state index in [2.05, 4.69) is 5.32 Å². The van der Waals surface area contributed by atoms with Crippen molar-refractivity contribution in [1.82, 2.24) is 5.32 Å². The van der Waals surface area contributed by atoms with E-state index >= 15 is 0 Å². The van der Waals surface area contributed by atoms with Gasteiger partial charge >= 0.3 is 0 Å². The molecule has 0 aliphatic carbocycles. The fourth-order valence-corrected chi connectivity index (χ4v) is 2.80. The fourth-order valence-electron chi connectivity index (χ4n) is 2.80. The standard InChI is InChI=1S/C15H22FNO2/c1-10-12(8-11-4-6-17-7-5-11)9-13(16)15(19-3)14(10)18-2/h9,11,17H,4-8H2,1-3H3. The SMILES string of the molecule is COc1c(F)cc(CC2CCNCC2)c(C)c1OC. The summed E-state index contributed by atoms with van der Waals surface area (Å²) >= 11 is 0. The largest absolute Gasteiger partial charge is 0.492 e. The van der Waals surface area contributed by atoms with Gasteiger partial charge in [-0.3, -0.25) is 0 Å². The van der Waals surface area contributed by atoms with E-state index in [1.54, 1.807) is 13.2 Å². The summed E-state index contributed by atoms with van der Waals surface area (Å²) < 4.78 is 24.4. The van der Waals surface area contributed by atoms with Crippen LogP contribution in [0, 0.1) is 18.7 Å². The maximum atomic E-state index is 14.0. The Bertz CT molecular complexity index is 442. The van der Waals surface area contributed by atoms with Gasteiger partial charge < -0.3 is 14.8 Å². The second-order valence-corrected chi connectivity index (χ2v) is 5.11. The van der Waals surface area contributed by atoms with Crippen LogP contribution in [-0.4, -0.2) is 27.3 Å². The van der Waals surface area contributed by atoms with Crippen LogP contribution in [0.2, 0.25) is 0 Å². The lowest BCUT2D eigenvalue weighted by Gasteiger charge is -2.24. The molecule has 0 unspecified atom stereocenters. The third-order valence-corrected chi connectivity index (χ3v) is 3.92. The van der Waals surface area contributed by atoms with Crippen LogP contribution in [0.3, 0.4) is 0 Å². The molecule has 1 heterocycles. The summed E-state index contributed by atoms with van der Waals surface area (Å²) in [5, 5.41) is 3.35. The Balaban J connectivity index is 2.27. The molecule has 0 atom stereocenters. The molecule has 1 aromatic carbocycles. The number of ether oxygens (including phenoxy) is 2. The van der Waals surface area contributed by atoms with Crippen molar-refractivity contribution in [3.8, 4) is 11.5 Å². The zero-order valence-electron chi connectivity index (χ0n) is 11.9. The normalized spacial score (nSPS) is 16.4. The molecule has 3 nitrogen and oxygen atoms in total. The van der Waals surface area contributed by atoms with Crippen LogP contribution >= 0.6 is 0 Å². The highest BCUT2D eigenvalue weighted by Crippen LogP contribution is 2.37. The fraction of sp³-hybridized carbons (Fsp3) is 0.600. The molecule has 1 aliphatic heterocycles. The van der Waals surface area contributed by atoms with Crippen LogP contribution in [-0.2, 0) is 6.42 Å². The first-order chi connectivity index (χ1) is 9.17. The van der Waals surface area contributed by atoms with Crippen LogP contribution < -0.4 is 14.8 Å². The molecule has 1 fully saturated rings. The van der Waals surface area contributed by atoms with Crippen molar-refractivity contribution < 1.29 is 13.9 Å². The molecule has 0 saturated carbocycles. The van der Waals surface area contributed by atoms with E-state index in [1.807, 2.05) is 6.92 Å². The molecule has 0 amide bonds. The zero-order valence-corrected chi connectivity index (χ0v) is 11.9. The predicted molar refractivity (Wildman–Crippen MR) is 73.5 cm³/mol. The summed E-state index contributed by atoms with van der Waals surface area (Å²) in [6.07, 6.45) is 3.20. The van der Waals surface area contributed by atoms with Crippen LogP contribution in [0.4, 0.5) is 4.39 Å². The van der Waals surface area contributed by atoms with Crippen LogP contribution in [0.5, 0.6) is 11.5 Å². The summed E-state index contributed by atoms with van der Waals surface area (Å²) in [4.78, 5) is 0. The summed E-state index contributed by atoms with van der Waals surface area (Å²) in [5.74, 6) is 1.01. The van der Waals surface area contributed by atoms with E-state index < -0.39 is 0 Å².